The summed E-state index contributed by atoms with van der Waals surface area (Å²) < 4.78 is 11.6. The maximum Gasteiger partial charge on any atom is 0.333 e. The Bertz CT molecular complexity index is 1100. The highest BCUT2D eigenvalue weighted by Gasteiger charge is 2.16. The summed E-state index contributed by atoms with van der Waals surface area (Å²) >= 11 is 0. The van der Waals surface area contributed by atoms with Gasteiger partial charge in [0.15, 0.2) is 0 Å². The molecule has 0 saturated heterocycles. The highest BCUT2D eigenvalue weighted by Crippen LogP contribution is 2.16. The van der Waals surface area contributed by atoms with Crippen molar-refractivity contribution in [2.45, 2.75) is 13.8 Å². The third-order valence-electron chi connectivity index (χ3n) is 4.05. The first-order valence-electron chi connectivity index (χ1n) is 9.15. The number of H-pyrrole nitrogens is 1. The Morgan fingerprint density at radius 2 is 1.48 bits per heavy atom. The van der Waals surface area contributed by atoms with Gasteiger partial charge in [0, 0.05) is 11.9 Å². The van der Waals surface area contributed by atoms with Gasteiger partial charge in [-0.3, -0.25) is 9.59 Å². The minimum absolute atomic E-state index is 0.188. The van der Waals surface area contributed by atoms with Crippen molar-refractivity contribution in [1.82, 2.24) is 9.55 Å². The minimum Gasteiger partial charge on any atom is -0.494 e. The lowest BCUT2D eigenvalue weighted by atomic mass is 10.2. The van der Waals surface area contributed by atoms with Crippen molar-refractivity contribution in [1.29, 1.82) is 0 Å². The second kappa shape index (κ2) is 8.92. The minimum atomic E-state index is -0.721. The van der Waals surface area contributed by atoms with Crippen LogP contribution in [-0.4, -0.2) is 28.7 Å². The van der Waals surface area contributed by atoms with Crippen LogP contribution in [0.1, 0.15) is 24.2 Å². The average Bonchev–Trinajstić information content (AvgIpc) is 2.71. The molecule has 8 nitrogen and oxygen atoms in total. The molecule has 1 aromatic heterocycles. The molecule has 1 heterocycles. The second-order valence-corrected chi connectivity index (χ2v) is 5.99. The Kier molecular flexibility index (Phi) is 6.13. The quantitative estimate of drug-likeness (QED) is 0.640. The van der Waals surface area contributed by atoms with Crippen molar-refractivity contribution in [3.05, 3.63) is 81.1 Å². The summed E-state index contributed by atoms with van der Waals surface area (Å²) in [5, 5.41) is 2.64. The van der Waals surface area contributed by atoms with Crippen molar-refractivity contribution in [3.63, 3.8) is 0 Å². The van der Waals surface area contributed by atoms with Crippen LogP contribution in [0, 0.1) is 0 Å². The van der Waals surface area contributed by atoms with Crippen molar-refractivity contribution in [2.75, 3.05) is 18.5 Å². The predicted molar refractivity (Wildman–Crippen MR) is 109 cm³/mol. The molecule has 8 heteroatoms. The molecule has 0 unspecified atom stereocenters. The number of benzene rings is 2. The average molecular weight is 395 g/mol. The number of aromatic amines is 1. The van der Waals surface area contributed by atoms with Crippen LogP contribution in [0.25, 0.3) is 5.69 Å². The van der Waals surface area contributed by atoms with E-state index >= 15 is 0 Å². The fraction of sp³-hybridized carbons (Fsp3) is 0.190. The normalized spacial score (nSPS) is 10.4. The third-order valence-corrected chi connectivity index (χ3v) is 4.05. The topological polar surface area (TPSA) is 102 Å². The predicted octanol–water partition coefficient (Wildman–Crippen LogP) is 2.58. The molecule has 3 aromatic rings. The molecule has 0 radical (unpaired) electrons. The number of amides is 1. The number of carbonyl (C=O) groups excluding carboxylic acids is 1. The molecule has 0 atom stereocenters. The van der Waals surface area contributed by atoms with E-state index in [1.54, 1.807) is 48.5 Å². The van der Waals surface area contributed by atoms with Gasteiger partial charge in [-0.25, -0.2) is 9.36 Å². The second-order valence-electron chi connectivity index (χ2n) is 5.99. The SMILES string of the molecule is CCOc1ccc(NC(=O)c2c[nH]c(=O)n(-c3ccc(OCC)cc3)c2=O)cc1. The first kappa shape index (κ1) is 19.9. The van der Waals surface area contributed by atoms with E-state index in [-0.39, 0.29) is 5.56 Å². The van der Waals surface area contributed by atoms with Gasteiger partial charge < -0.3 is 19.8 Å². The first-order valence-corrected chi connectivity index (χ1v) is 9.15. The number of nitrogens with one attached hydrogen (secondary N) is 2. The van der Waals surface area contributed by atoms with Gasteiger partial charge in [-0.15, -0.1) is 0 Å². The zero-order valence-electron chi connectivity index (χ0n) is 16.1. The molecule has 0 bridgehead atoms. The van der Waals surface area contributed by atoms with E-state index in [2.05, 4.69) is 10.3 Å². The van der Waals surface area contributed by atoms with Crippen LogP contribution < -0.4 is 26.0 Å². The zero-order chi connectivity index (χ0) is 20.8. The molecule has 0 fully saturated rings. The van der Waals surface area contributed by atoms with E-state index in [0.717, 1.165) is 10.8 Å². The number of hydrogen-bond acceptors (Lipinski definition) is 5. The molecule has 3 rings (SSSR count). The largest absolute Gasteiger partial charge is 0.494 e. The summed E-state index contributed by atoms with van der Waals surface area (Å²) in [6, 6.07) is 13.2. The molecular formula is C21H21N3O5. The van der Waals surface area contributed by atoms with E-state index in [1.165, 1.54) is 0 Å². The first-order chi connectivity index (χ1) is 14.0. The van der Waals surface area contributed by atoms with Gasteiger partial charge in [0.1, 0.15) is 17.1 Å². The number of ether oxygens (including phenoxy) is 2. The Morgan fingerprint density at radius 1 is 0.931 bits per heavy atom. The zero-order valence-corrected chi connectivity index (χ0v) is 16.1. The van der Waals surface area contributed by atoms with Gasteiger partial charge in [-0.1, -0.05) is 0 Å². The van der Waals surface area contributed by atoms with E-state index in [1.807, 2.05) is 13.8 Å². The van der Waals surface area contributed by atoms with E-state index in [0.29, 0.717) is 36.1 Å². The molecule has 0 aliphatic carbocycles. The number of nitrogens with zero attached hydrogens (tertiary/aromatic N) is 1. The Morgan fingerprint density at radius 3 is 2.03 bits per heavy atom. The van der Waals surface area contributed by atoms with Gasteiger partial charge in [0.05, 0.1) is 18.9 Å². The Balaban J connectivity index is 1.88. The fourth-order valence-electron chi connectivity index (χ4n) is 2.73. The lowest BCUT2D eigenvalue weighted by Crippen LogP contribution is -2.38. The number of hydrogen-bond donors (Lipinski definition) is 2. The summed E-state index contributed by atoms with van der Waals surface area (Å²) in [4.78, 5) is 40.0. The summed E-state index contributed by atoms with van der Waals surface area (Å²) in [7, 11) is 0. The molecule has 0 spiro atoms. The standard InChI is InChI=1S/C21H21N3O5/c1-3-28-16-9-5-14(6-10-16)23-19(25)18-13-22-21(27)24(20(18)26)15-7-11-17(12-8-15)29-4-2/h5-13H,3-4H2,1-2H3,(H,22,27)(H,23,25). The van der Waals surface area contributed by atoms with E-state index < -0.39 is 17.2 Å². The highest BCUT2D eigenvalue weighted by atomic mass is 16.5. The molecule has 2 aromatic carbocycles. The van der Waals surface area contributed by atoms with Gasteiger partial charge in [-0.05, 0) is 62.4 Å². The smallest absolute Gasteiger partial charge is 0.333 e. The molecule has 0 aliphatic heterocycles. The molecule has 0 aliphatic rings. The Hall–Kier alpha value is -3.81. The summed E-state index contributed by atoms with van der Waals surface area (Å²) in [6.45, 7) is 4.77. The lowest BCUT2D eigenvalue weighted by molar-refractivity contribution is 0.102. The van der Waals surface area contributed by atoms with Gasteiger partial charge in [-0.2, -0.15) is 0 Å². The molecule has 150 valence electrons. The summed E-state index contributed by atoms with van der Waals surface area (Å²) in [6.07, 6.45) is 1.11. The van der Waals surface area contributed by atoms with Crippen LogP contribution in [-0.2, 0) is 0 Å². The molecule has 2 N–H and O–H groups in total. The van der Waals surface area contributed by atoms with Crippen molar-refractivity contribution in [2.24, 2.45) is 0 Å². The van der Waals surface area contributed by atoms with Crippen molar-refractivity contribution in [3.8, 4) is 17.2 Å². The van der Waals surface area contributed by atoms with Crippen LogP contribution in [0.3, 0.4) is 0 Å². The maximum atomic E-state index is 12.8. The number of anilines is 1. The molecule has 29 heavy (non-hydrogen) atoms. The Labute approximate surface area is 166 Å². The lowest BCUT2D eigenvalue weighted by Gasteiger charge is -2.09. The molecule has 0 saturated carbocycles. The molecule has 1 amide bonds. The van der Waals surface area contributed by atoms with Crippen LogP contribution in [0.2, 0.25) is 0 Å². The summed E-state index contributed by atoms with van der Waals surface area (Å²) in [5.41, 5.74) is -0.724. The third kappa shape index (κ3) is 4.55. The number of rotatable bonds is 7. The van der Waals surface area contributed by atoms with Gasteiger partial charge >= 0.3 is 5.69 Å². The van der Waals surface area contributed by atoms with Crippen LogP contribution >= 0.6 is 0 Å². The monoisotopic (exact) mass is 395 g/mol. The highest BCUT2D eigenvalue weighted by molar-refractivity contribution is 6.03. The van der Waals surface area contributed by atoms with Crippen LogP contribution in [0.5, 0.6) is 11.5 Å². The van der Waals surface area contributed by atoms with Gasteiger partial charge in [0.2, 0.25) is 0 Å². The van der Waals surface area contributed by atoms with Crippen molar-refractivity contribution >= 4 is 11.6 Å². The van der Waals surface area contributed by atoms with E-state index in [4.69, 9.17) is 9.47 Å². The van der Waals surface area contributed by atoms with Crippen LogP contribution in [0.15, 0.2) is 64.3 Å². The van der Waals surface area contributed by atoms with E-state index in [9.17, 15) is 14.4 Å². The number of aromatic nitrogens is 2. The molecular weight excluding hydrogens is 374 g/mol. The van der Waals surface area contributed by atoms with Gasteiger partial charge in [0.25, 0.3) is 11.5 Å². The fourth-order valence-corrected chi connectivity index (χ4v) is 2.73. The number of carbonyl (C=O) groups is 1. The summed E-state index contributed by atoms with van der Waals surface area (Å²) in [5.74, 6) is 0.660. The van der Waals surface area contributed by atoms with Crippen LogP contribution in [0.4, 0.5) is 5.69 Å². The van der Waals surface area contributed by atoms with Crippen molar-refractivity contribution < 1.29 is 14.3 Å². The maximum absolute atomic E-state index is 12.8.